The van der Waals surface area contributed by atoms with Crippen LogP contribution in [0.25, 0.3) is 0 Å². The van der Waals surface area contributed by atoms with Gasteiger partial charge in [0.15, 0.2) is 0 Å². The van der Waals surface area contributed by atoms with Crippen LogP contribution >= 0.6 is 0 Å². The fourth-order valence-corrected chi connectivity index (χ4v) is 3.00. The molecule has 22 heavy (non-hydrogen) atoms. The van der Waals surface area contributed by atoms with Crippen LogP contribution in [-0.2, 0) is 33.7 Å². The summed E-state index contributed by atoms with van der Waals surface area (Å²) in [5.41, 5.74) is 4.65. The Morgan fingerprint density at radius 1 is 1.09 bits per heavy atom. The molecule has 2 aromatic rings. The number of rotatable bonds is 4. The highest BCUT2D eigenvalue weighted by Crippen LogP contribution is 2.29. The Labute approximate surface area is 130 Å². The van der Waals surface area contributed by atoms with Crippen molar-refractivity contribution in [3.8, 4) is 5.75 Å². The number of fused-ring (bicyclic) bond motifs is 2. The summed E-state index contributed by atoms with van der Waals surface area (Å²) in [6.45, 7) is 0.745. The molecule has 0 fully saturated rings. The van der Waals surface area contributed by atoms with Crippen LogP contribution in [0.1, 0.15) is 22.3 Å². The minimum absolute atomic E-state index is 0.162. The van der Waals surface area contributed by atoms with Crippen LogP contribution in [0.4, 0.5) is 0 Å². The van der Waals surface area contributed by atoms with Gasteiger partial charge in [0, 0.05) is 6.42 Å². The third kappa shape index (κ3) is 3.67. The Morgan fingerprint density at radius 3 is 2.64 bits per heavy atom. The van der Waals surface area contributed by atoms with Crippen LogP contribution in [0.5, 0.6) is 5.75 Å². The zero-order chi connectivity index (χ0) is 15.6. The first-order valence-corrected chi connectivity index (χ1v) is 8.99. The summed E-state index contributed by atoms with van der Waals surface area (Å²) in [6, 6.07) is 14.2. The number of ether oxygens (including phenoxy) is 1. The van der Waals surface area contributed by atoms with Gasteiger partial charge in [-0.1, -0.05) is 36.4 Å². The van der Waals surface area contributed by atoms with E-state index in [2.05, 4.69) is 18.2 Å². The summed E-state index contributed by atoms with van der Waals surface area (Å²) in [6.07, 6.45) is 2.45. The van der Waals surface area contributed by atoms with E-state index in [9.17, 15) is 8.42 Å². The first-order valence-electron chi connectivity index (χ1n) is 7.17. The van der Waals surface area contributed by atoms with E-state index in [4.69, 9.17) is 8.92 Å². The first-order chi connectivity index (χ1) is 10.5. The summed E-state index contributed by atoms with van der Waals surface area (Å²) in [5.74, 6) is 0.893. The van der Waals surface area contributed by atoms with Crippen molar-refractivity contribution in [2.24, 2.45) is 0 Å². The van der Waals surface area contributed by atoms with Crippen molar-refractivity contribution in [3.63, 3.8) is 0 Å². The van der Waals surface area contributed by atoms with Crippen molar-refractivity contribution in [1.29, 1.82) is 0 Å². The van der Waals surface area contributed by atoms with Gasteiger partial charge in [-0.3, -0.25) is 4.18 Å². The van der Waals surface area contributed by atoms with Crippen molar-refractivity contribution in [3.05, 3.63) is 64.7 Å². The Bertz CT molecular complexity index is 781. The number of hydrogen-bond acceptors (Lipinski definition) is 4. The van der Waals surface area contributed by atoms with E-state index in [1.165, 1.54) is 11.1 Å². The highest BCUT2D eigenvalue weighted by Gasteiger charge is 2.14. The zero-order valence-corrected chi connectivity index (χ0v) is 13.2. The maximum Gasteiger partial charge on any atom is 0.264 e. The fraction of sp³-hybridized carbons (Fsp3) is 0.294. The summed E-state index contributed by atoms with van der Waals surface area (Å²) >= 11 is 0. The standard InChI is InChI=1S/C17H18O4S/c1-22(18,19)21-9-8-13-6-7-17-16(10-13)11-14-4-2-3-5-15(14)12-20-17/h2-7,10H,8-9,11-12H2,1H3. The van der Waals surface area contributed by atoms with Crippen LogP contribution < -0.4 is 4.74 Å². The van der Waals surface area contributed by atoms with Gasteiger partial charge < -0.3 is 4.74 Å². The van der Waals surface area contributed by atoms with Crippen molar-refractivity contribution < 1.29 is 17.3 Å². The molecule has 5 heteroatoms. The van der Waals surface area contributed by atoms with Crippen LogP contribution in [0, 0.1) is 0 Å². The molecule has 0 radical (unpaired) electrons. The first kappa shape index (κ1) is 15.1. The second-order valence-electron chi connectivity index (χ2n) is 5.45. The lowest BCUT2D eigenvalue weighted by atomic mass is 9.99. The Morgan fingerprint density at radius 2 is 1.86 bits per heavy atom. The van der Waals surface area contributed by atoms with E-state index in [0.717, 1.165) is 29.6 Å². The topological polar surface area (TPSA) is 52.6 Å². The molecule has 2 aromatic carbocycles. The maximum absolute atomic E-state index is 11.0. The van der Waals surface area contributed by atoms with Gasteiger partial charge in [0.25, 0.3) is 10.1 Å². The van der Waals surface area contributed by atoms with E-state index in [-0.39, 0.29) is 6.61 Å². The quantitative estimate of drug-likeness (QED) is 0.813. The number of benzene rings is 2. The van der Waals surface area contributed by atoms with Gasteiger partial charge in [0.05, 0.1) is 12.9 Å². The van der Waals surface area contributed by atoms with Gasteiger partial charge in [0.1, 0.15) is 12.4 Å². The molecule has 0 atom stereocenters. The van der Waals surface area contributed by atoms with Crippen molar-refractivity contribution >= 4 is 10.1 Å². The smallest absolute Gasteiger partial charge is 0.264 e. The summed E-state index contributed by atoms with van der Waals surface area (Å²) in [4.78, 5) is 0. The molecule has 0 unspecified atom stereocenters. The highest BCUT2D eigenvalue weighted by molar-refractivity contribution is 7.85. The molecule has 1 aliphatic rings. The second-order valence-corrected chi connectivity index (χ2v) is 7.10. The molecule has 1 aliphatic heterocycles. The predicted octanol–water partition coefficient (Wildman–Crippen LogP) is 2.69. The Kier molecular flexibility index (Phi) is 4.18. The van der Waals surface area contributed by atoms with E-state index in [1.807, 2.05) is 24.3 Å². The lowest BCUT2D eigenvalue weighted by Gasteiger charge is -2.09. The Hall–Kier alpha value is -1.85. The average molecular weight is 318 g/mol. The van der Waals surface area contributed by atoms with E-state index in [1.54, 1.807) is 0 Å². The lowest BCUT2D eigenvalue weighted by Crippen LogP contribution is -2.06. The molecule has 1 heterocycles. The fourth-order valence-electron chi connectivity index (χ4n) is 2.61. The van der Waals surface area contributed by atoms with Crippen LogP contribution in [0.15, 0.2) is 42.5 Å². The average Bonchev–Trinajstić information content (AvgIpc) is 2.64. The molecule has 0 bridgehead atoms. The minimum atomic E-state index is -3.38. The molecule has 0 spiro atoms. The SMILES string of the molecule is CS(=O)(=O)OCCc1ccc2c(c1)Cc1ccccc1CO2. The van der Waals surface area contributed by atoms with Crippen LogP contribution in [-0.4, -0.2) is 21.3 Å². The second kappa shape index (κ2) is 6.10. The molecule has 3 rings (SSSR count). The largest absolute Gasteiger partial charge is 0.489 e. The molecule has 0 amide bonds. The molecular formula is C17H18O4S. The molecule has 4 nitrogen and oxygen atoms in total. The van der Waals surface area contributed by atoms with Gasteiger partial charge in [-0.25, -0.2) is 0 Å². The molecule has 0 N–H and O–H groups in total. The highest BCUT2D eigenvalue weighted by atomic mass is 32.2. The Balaban J connectivity index is 1.78. The molecular weight excluding hydrogens is 300 g/mol. The molecule has 116 valence electrons. The lowest BCUT2D eigenvalue weighted by molar-refractivity contribution is 0.306. The number of hydrogen-bond donors (Lipinski definition) is 0. The monoisotopic (exact) mass is 318 g/mol. The molecule has 0 saturated carbocycles. The third-order valence-electron chi connectivity index (χ3n) is 3.70. The maximum atomic E-state index is 11.0. The summed E-state index contributed by atoms with van der Waals surface area (Å²) in [5, 5.41) is 0. The van der Waals surface area contributed by atoms with Gasteiger partial charge in [-0.15, -0.1) is 0 Å². The van der Waals surface area contributed by atoms with E-state index >= 15 is 0 Å². The molecule has 0 saturated heterocycles. The molecule has 0 aromatic heterocycles. The van der Waals surface area contributed by atoms with Crippen molar-refractivity contribution in [2.45, 2.75) is 19.4 Å². The summed E-state index contributed by atoms with van der Waals surface area (Å²) in [7, 11) is -3.38. The predicted molar refractivity (Wildman–Crippen MR) is 84.5 cm³/mol. The summed E-state index contributed by atoms with van der Waals surface area (Å²) < 4.78 is 32.7. The normalized spacial score (nSPS) is 13.7. The van der Waals surface area contributed by atoms with Gasteiger partial charge >= 0.3 is 0 Å². The van der Waals surface area contributed by atoms with Crippen LogP contribution in [0.2, 0.25) is 0 Å². The van der Waals surface area contributed by atoms with Gasteiger partial charge in [-0.2, -0.15) is 8.42 Å². The van der Waals surface area contributed by atoms with Crippen molar-refractivity contribution in [2.75, 3.05) is 12.9 Å². The van der Waals surface area contributed by atoms with E-state index in [0.29, 0.717) is 13.0 Å². The minimum Gasteiger partial charge on any atom is -0.489 e. The zero-order valence-electron chi connectivity index (χ0n) is 12.4. The van der Waals surface area contributed by atoms with Gasteiger partial charge in [0.2, 0.25) is 0 Å². The third-order valence-corrected chi connectivity index (χ3v) is 4.29. The van der Waals surface area contributed by atoms with Gasteiger partial charge in [-0.05, 0) is 34.7 Å². The van der Waals surface area contributed by atoms with E-state index < -0.39 is 10.1 Å². The molecule has 0 aliphatic carbocycles. The van der Waals surface area contributed by atoms with Crippen molar-refractivity contribution in [1.82, 2.24) is 0 Å². The van der Waals surface area contributed by atoms with Crippen LogP contribution in [0.3, 0.4) is 0 Å².